The van der Waals surface area contributed by atoms with Gasteiger partial charge in [-0.3, -0.25) is 4.79 Å². The number of hydrogen-bond acceptors (Lipinski definition) is 4. The molecule has 118 valence electrons. The molecule has 1 heterocycles. The van der Waals surface area contributed by atoms with Crippen LogP contribution in [0.3, 0.4) is 0 Å². The van der Waals surface area contributed by atoms with Gasteiger partial charge < -0.3 is 5.32 Å². The van der Waals surface area contributed by atoms with Gasteiger partial charge in [0.05, 0.1) is 27.0 Å². The quantitative estimate of drug-likeness (QED) is 0.666. The van der Waals surface area contributed by atoms with E-state index in [-0.39, 0.29) is 11.2 Å². The van der Waals surface area contributed by atoms with Gasteiger partial charge >= 0.3 is 0 Å². The minimum absolute atomic E-state index is 0.0193. The van der Waals surface area contributed by atoms with Crippen molar-refractivity contribution in [3.05, 3.63) is 58.6 Å². The van der Waals surface area contributed by atoms with E-state index in [1.54, 1.807) is 11.3 Å². The van der Waals surface area contributed by atoms with Crippen LogP contribution in [0.25, 0.3) is 10.2 Å². The van der Waals surface area contributed by atoms with Crippen molar-refractivity contribution < 1.29 is 4.79 Å². The lowest BCUT2D eigenvalue weighted by molar-refractivity contribution is -0.120. The van der Waals surface area contributed by atoms with Crippen LogP contribution < -0.4 is 5.32 Å². The third-order valence-corrected chi connectivity index (χ3v) is 5.92. The molecule has 1 amide bonds. The molecule has 1 atom stereocenters. The number of carbonyl (C=O) groups is 1. The minimum atomic E-state index is -0.218. The SMILES string of the molecule is CC(Sc1ccccc1Cl)C(=O)NCc1nc2ccccc2s1. The third kappa shape index (κ3) is 4.05. The van der Waals surface area contributed by atoms with E-state index in [2.05, 4.69) is 10.3 Å². The maximum absolute atomic E-state index is 12.2. The number of thiazole rings is 1. The fraction of sp³-hybridized carbons (Fsp3) is 0.176. The molecule has 3 nitrogen and oxygen atoms in total. The van der Waals surface area contributed by atoms with Crippen molar-refractivity contribution in [3.8, 4) is 0 Å². The molecule has 0 aliphatic rings. The van der Waals surface area contributed by atoms with Crippen molar-refractivity contribution in [2.24, 2.45) is 0 Å². The molecule has 1 unspecified atom stereocenters. The standard InChI is InChI=1S/C17H15ClN2OS2/c1-11(22-14-8-4-2-6-12(14)18)17(21)19-10-16-20-13-7-3-5-9-15(13)23-16/h2-9,11H,10H2,1H3,(H,19,21). The highest BCUT2D eigenvalue weighted by molar-refractivity contribution is 8.00. The number of carbonyl (C=O) groups excluding carboxylic acids is 1. The van der Waals surface area contributed by atoms with Crippen LogP contribution in [0.5, 0.6) is 0 Å². The van der Waals surface area contributed by atoms with E-state index in [1.165, 1.54) is 11.8 Å². The molecule has 0 fully saturated rings. The number of nitrogens with zero attached hydrogens (tertiary/aromatic N) is 1. The van der Waals surface area contributed by atoms with Crippen molar-refractivity contribution in [2.75, 3.05) is 0 Å². The number of thioether (sulfide) groups is 1. The zero-order chi connectivity index (χ0) is 16.2. The van der Waals surface area contributed by atoms with Gasteiger partial charge in [0.15, 0.2) is 0 Å². The topological polar surface area (TPSA) is 42.0 Å². The number of amides is 1. The van der Waals surface area contributed by atoms with Crippen molar-refractivity contribution in [1.29, 1.82) is 0 Å². The second kappa shape index (κ2) is 7.34. The van der Waals surface area contributed by atoms with Gasteiger partial charge in [0.1, 0.15) is 5.01 Å². The van der Waals surface area contributed by atoms with Crippen LogP contribution in [0.15, 0.2) is 53.4 Å². The summed E-state index contributed by atoms with van der Waals surface area (Å²) in [4.78, 5) is 17.7. The van der Waals surface area contributed by atoms with E-state index in [1.807, 2.05) is 55.5 Å². The monoisotopic (exact) mass is 362 g/mol. The van der Waals surface area contributed by atoms with Crippen LogP contribution in [0.4, 0.5) is 0 Å². The number of benzene rings is 2. The van der Waals surface area contributed by atoms with Crippen LogP contribution >= 0.6 is 34.7 Å². The van der Waals surface area contributed by atoms with Crippen LogP contribution in [-0.4, -0.2) is 16.1 Å². The fourth-order valence-electron chi connectivity index (χ4n) is 2.09. The number of aromatic nitrogens is 1. The molecular formula is C17H15ClN2OS2. The van der Waals surface area contributed by atoms with E-state index < -0.39 is 0 Å². The second-order valence-corrected chi connectivity index (χ2v) is 7.89. The van der Waals surface area contributed by atoms with E-state index in [0.717, 1.165) is 20.1 Å². The van der Waals surface area contributed by atoms with Crippen LogP contribution in [0, 0.1) is 0 Å². The molecule has 0 saturated heterocycles. The Balaban J connectivity index is 1.59. The van der Waals surface area contributed by atoms with Gasteiger partial charge in [0.2, 0.25) is 5.91 Å². The summed E-state index contributed by atoms with van der Waals surface area (Å²) in [6.07, 6.45) is 0. The maximum Gasteiger partial charge on any atom is 0.233 e. The zero-order valence-corrected chi connectivity index (χ0v) is 14.8. The Bertz CT molecular complexity index is 801. The number of nitrogens with one attached hydrogen (secondary N) is 1. The largest absolute Gasteiger partial charge is 0.349 e. The van der Waals surface area contributed by atoms with Crippen molar-refractivity contribution in [3.63, 3.8) is 0 Å². The summed E-state index contributed by atoms with van der Waals surface area (Å²) < 4.78 is 1.13. The van der Waals surface area contributed by atoms with Crippen molar-refractivity contribution in [1.82, 2.24) is 10.3 Å². The average molecular weight is 363 g/mol. The molecule has 3 rings (SSSR count). The number of rotatable bonds is 5. The fourth-order valence-corrected chi connectivity index (χ4v) is 4.17. The molecule has 2 aromatic carbocycles. The Morgan fingerprint density at radius 3 is 2.78 bits per heavy atom. The lowest BCUT2D eigenvalue weighted by atomic mass is 10.3. The molecular weight excluding hydrogens is 348 g/mol. The van der Waals surface area contributed by atoms with Gasteiger partial charge in [0, 0.05) is 4.90 Å². The Labute approximate surface area is 148 Å². The van der Waals surface area contributed by atoms with Gasteiger partial charge in [-0.2, -0.15) is 0 Å². The first kappa shape index (κ1) is 16.3. The number of halogens is 1. The Morgan fingerprint density at radius 1 is 1.26 bits per heavy atom. The van der Waals surface area contributed by atoms with E-state index in [4.69, 9.17) is 11.6 Å². The van der Waals surface area contributed by atoms with Crippen molar-refractivity contribution >= 4 is 50.8 Å². The molecule has 0 bridgehead atoms. The highest BCUT2D eigenvalue weighted by Crippen LogP contribution is 2.30. The van der Waals surface area contributed by atoms with Gasteiger partial charge in [-0.05, 0) is 31.2 Å². The minimum Gasteiger partial charge on any atom is -0.349 e. The molecule has 1 N–H and O–H groups in total. The summed E-state index contributed by atoms with van der Waals surface area (Å²) in [5.41, 5.74) is 0.972. The summed E-state index contributed by atoms with van der Waals surface area (Å²) in [6.45, 7) is 2.33. The van der Waals surface area contributed by atoms with E-state index in [9.17, 15) is 4.79 Å². The smallest absolute Gasteiger partial charge is 0.233 e. The lowest BCUT2D eigenvalue weighted by Gasteiger charge is -2.12. The molecule has 0 saturated carbocycles. The van der Waals surface area contributed by atoms with Crippen LogP contribution in [0.1, 0.15) is 11.9 Å². The molecule has 23 heavy (non-hydrogen) atoms. The van der Waals surface area contributed by atoms with Gasteiger partial charge in [-0.1, -0.05) is 35.9 Å². The summed E-state index contributed by atoms with van der Waals surface area (Å²) in [5, 5.41) is 4.31. The van der Waals surface area contributed by atoms with E-state index in [0.29, 0.717) is 11.6 Å². The second-order valence-electron chi connectivity index (χ2n) is 4.98. The highest BCUT2D eigenvalue weighted by atomic mass is 35.5. The Morgan fingerprint density at radius 2 is 2.00 bits per heavy atom. The molecule has 3 aromatic rings. The molecule has 0 radical (unpaired) electrons. The lowest BCUT2D eigenvalue weighted by Crippen LogP contribution is -2.30. The van der Waals surface area contributed by atoms with Crippen LogP contribution in [0.2, 0.25) is 5.02 Å². The third-order valence-electron chi connectivity index (χ3n) is 3.26. The average Bonchev–Trinajstić information content (AvgIpc) is 2.97. The molecule has 6 heteroatoms. The van der Waals surface area contributed by atoms with Gasteiger partial charge in [0.25, 0.3) is 0 Å². The summed E-state index contributed by atoms with van der Waals surface area (Å²) in [6, 6.07) is 15.5. The first-order valence-electron chi connectivity index (χ1n) is 7.17. The predicted molar refractivity (Wildman–Crippen MR) is 98.2 cm³/mol. The molecule has 0 aliphatic carbocycles. The van der Waals surface area contributed by atoms with Gasteiger partial charge in [-0.25, -0.2) is 4.98 Å². The summed E-state index contributed by atoms with van der Waals surface area (Å²) in [7, 11) is 0. The molecule has 0 aliphatic heterocycles. The van der Waals surface area contributed by atoms with Gasteiger partial charge in [-0.15, -0.1) is 23.1 Å². The van der Waals surface area contributed by atoms with Crippen molar-refractivity contribution in [2.45, 2.75) is 23.6 Å². The predicted octanol–water partition coefficient (Wildman–Crippen LogP) is 4.75. The summed E-state index contributed by atoms with van der Waals surface area (Å²) >= 11 is 9.19. The molecule has 0 spiro atoms. The first-order valence-corrected chi connectivity index (χ1v) is 9.24. The zero-order valence-electron chi connectivity index (χ0n) is 12.5. The molecule has 1 aromatic heterocycles. The Hall–Kier alpha value is -1.56. The van der Waals surface area contributed by atoms with E-state index >= 15 is 0 Å². The summed E-state index contributed by atoms with van der Waals surface area (Å²) in [5.74, 6) is -0.0193. The highest BCUT2D eigenvalue weighted by Gasteiger charge is 2.16. The number of para-hydroxylation sites is 1. The number of hydrogen-bond donors (Lipinski definition) is 1. The van der Waals surface area contributed by atoms with Crippen LogP contribution in [-0.2, 0) is 11.3 Å². The first-order chi connectivity index (χ1) is 11.1. The maximum atomic E-state index is 12.2. The number of fused-ring (bicyclic) bond motifs is 1. The Kier molecular flexibility index (Phi) is 5.20. The normalized spacial score (nSPS) is 12.3.